The first kappa shape index (κ1) is 12.5. The summed E-state index contributed by atoms with van der Waals surface area (Å²) in [7, 11) is 0. The Balaban J connectivity index is 2.03. The van der Waals surface area contributed by atoms with Gasteiger partial charge in [-0.05, 0) is 19.3 Å². The molecule has 2 heterocycles. The molecule has 0 radical (unpaired) electrons. The normalized spacial score (nSPS) is 19.4. The third kappa shape index (κ3) is 3.04. The lowest BCUT2D eigenvalue weighted by molar-refractivity contribution is 0.0830. The predicted octanol–water partition coefficient (Wildman–Crippen LogP) is 1.81. The van der Waals surface area contributed by atoms with Gasteiger partial charge in [0.15, 0.2) is 5.82 Å². The zero-order valence-corrected chi connectivity index (χ0v) is 10.4. The van der Waals surface area contributed by atoms with Gasteiger partial charge >= 0.3 is 0 Å². The number of hydrogen-bond acceptors (Lipinski definition) is 5. The number of ether oxygens (including phenoxy) is 1. The first-order chi connectivity index (χ1) is 8.35. The molecule has 96 valence electrons. The van der Waals surface area contributed by atoms with Crippen LogP contribution in [0.5, 0.6) is 0 Å². The average Bonchev–Trinajstić information content (AvgIpc) is 2.86. The van der Waals surface area contributed by atoms with Crippen molar-refractivity contribution >= 4 is 0 Å². The summed E-state index contributed by atoms with van der Waals surface area (Å²) in [5.41, 5.74) is 5.73. The van der Waals surface area contributed by atoms with Gasteiger partial charge in [-0.15, -0.1) is 0 Å². The van der Waals surface area contributed by atoms with Gasteiger partial charge in [0, 0.05) is 25.7 Å². The second kappa shape index (κ2) is 6.12. The van der Waals surface area contributed by atoms with Gasteiger partial charge in [-0.1, -0.05) is 18.5 Å². The summed E-state index contributed by atoms with van der Waals surface area (Å²) in [6, 6.07) is 0. The van der Waals surface area contributed by atoms with Gasteiger partial charge in [-0.3, -0.25) is 0 Å². The predicted molar refractivity (Wildman–Crippen MR) is 63.8 cm³/mol. The zero-order chi connectivity index (χ0) is 12.1. The number of rotatable bonds is 5. The molecule has 0 bridgehead atoms. The highest BCUT2D eigenvalue weighted by molar-refractivity contribution is 5.00. The van der Waals surface area contributed by atoms with E-state index in [4.69, 9.17) is 15.0 Å². The molecule has 1 atom stereocenters. The van der Waals surface area contributed by atoms with E-state index in [9.17, 15) is 0 Å². The molecule has 5 heteroatoms. The molecule has 1 aromatic rings. The first-order valence-electron chi connectivity index (χ1n) is 6.46. The molecule has 2 rings (SSSR count). The Hall–Kier alpha value is -0.940. The van der Waals surface area contributed by atoms with Crippen molar-refractivity contribution < 1.29 is 9.26 Å². The van der Waals surface area contributed by atoms with Crippen molar-refractivity contribution in [1.82, 2.24) is 10.1 Å². The summed E-state index contributed by atoms with van der Waals surface area (Å²) in [6.45, 7) is 4.30. The topological polar surface area (TPSA) is 74.2 Å². The van der Waals surface area contributed by atoms with E-state index in [1.807, 2.05) is 0 Å². The van der Waals surface area contributed by atoms with Crippen molar-refractivity contribution in [2.24, 2.45) is 5.73 Å². The molecule has 5 nitrogen and oxygen atoms in total. The van der Waals surface area contributed by atoms with Crippen molar-refractivity contribution in [3.05, 3.63) is 11.7 Å². The summed E-state index contributed by atoms with van der Waals surface area (Å²) in [5.74, 6) is 2.14. The smallest absolute Gasteiger partial charge is 0.231 e. The van der Waals surface area contributed by atoms with Crippen molar-refractivity contribution in [3.63, 3.8) is 0 Å². The Morgan fingerprint density at radius 1 is 1.41 bits per heavy atom. The van der Waals surface area contributed by atoms with Crippen LogP contribution in [0.4, 0.5) is 0 Å². The highest BCUT2D eigenvalue weighted by Crippen LogP contribution is 2.26. The van der Waals surface area contributed by atoms with Gasteiger partial charge in [0.05, 0.1) is 5.92 Å². The average molecular weight is 239 g/mol. The highest BCUT2D eigenvalue weighted by Gasteiger charge is 2.23. The van der Waals surface area contributed by atoms with Gasteiger partial charge in [0.2, 0.25) is 5.89 Å². The lowest BCUT2D eigenvalue weighted by Crippen LogP contribution is -2.16. The monoisotopic (exact) mass is 239 g/mol. The molecule has 0 aromatic carbocycles. The van der Waals surface area contributed by atoms with Crippen molar-refractivity contribution in [3.8, 4) is 0 Å². The lowest BCUT2D eigenvalue weighted by atomic mass is 9.99. The van der Waals surface area contributed by atoms with E-state index in [1.54, 1.807) is 0 Å². The first-order valence-corrected chi connectivity index (χ1v) is 6.46. The van der Waals surface area contributed by atoms with Crippen LogP contribution in [-0.2, 0) is 4.74 Å². The largest absolute Gasteiger partial charge is 0.381 e. The molecule has 0 aliphatic carbocycles. The minimum Gasteiger partial charge on any atom is -0.381 e. The van der Waals surface area contributed by atoms with E-state index in [-0.39, 0.29) is 5.92 Å². The van der Waals surface area contributed by atoms with Gasteiger partial charge < -0.3 is 15.0 Å². The Bertz CT molecular complexity index is 315. The summed E-state index contributed by atoms with van der Waals surface area (Å²) in [6.07, 6.45) is 4.06. The van der Waals surface area contributed by atoms with E-state index in [0.717, 1.165) is 44.7 Å². The lowest BCUT2D eigenvalue weighted by Gasteiger charge is -2.18. The number of nitrogens with zero attached hydrogens (tertiary/aromatic N) is 2. The third-order valence-electron chi connectivity index (χ3n) is 3.31. The van der Waals surface area contributed by atoms with Crippen LogP contribution in [0.15, 0.2) is 4.52 Å². The van der Waals surface area contributed by atoms with Crippen molar-refractivity contribution in [1.29, 1.82) is 0 Å². The van der Waals surface area contributed by atoms with Crippen LogP contribution in [0.2, 0.25) is 0 Å². The molecule has 1 aliphatic rings. The second-order valence-electron chi connectivity index (χ2n) is 4.60. The highest BCUT2D eigenvalue weighted by atomic mass is 16.5. The molecule has 1 fully saturated rings. The molecule has 1 saturated heterocycles. The van der Waals surface area contributed by atoms with Crippen molar-refractivity contribution in [2.45, 2.75) is 44.4 Å². The molecular weight excluding hydrogens is 218 g/mol. The molecule has 0 saturated carbocycles. The second-order valence-corrected chi connectivity index (χ2v) is 4.60. The number of nitrogens with two attached hydrogens (primary N) is 1. The van der Waals surface area contributed by atoms with Crippen molar-refractivity contribution in [2.75, 3.05) is 19.8 Å². The van der Waals surface area contributed by atoms with E-state index in [1.165, 1.54) is 0 Å². The van der Waals surface area contributed by atoms with Crippen LogP contribution in [-0.4, -0.2) is 29.9 Å². The van der Waals surface area contributed by atoms with Crippen LogP contribution >= 0.6 is 0 Å². The maximum absolute atomic E-state index is 5.73. The molecule has 1 aliphatic heterocycles. The standard InChI is InChI=1S/C12H21N3O2/c1-2-3-10(8-13)12-14-11(15-17-12)9-4-6-16-7-5-9/h9-10H,2-8,13H2,1H3. The SMILES string of the molecule is CCCC(CN)c1nc(C2CCOCC2)no1. The van der Waals surface area contributed by atoms with E-state index >= 15 is 0 Å². The minimum absolute atomic E-state index is 0.209. The fourth-order valence-electron chi connectivity index (χ4n) is 2.23. The molecule has 1 aromatic heterocycles. The minimum atomic E-state index is 0.209. The summed E-state index contributed by atoms with van der Waals surface area (Å²) in [4.78, 5) is 4.51. The van der Waals surface area contributed by atoms with Crippen LogP contribution in [0.25, 0.3) is 0 Å². The van der Waals surface area contributed by atoms with E-state index in [2.05, 4.69) is 17.1 Å². The Morgan fingerprint density at radius 3 is 2.82 bits per heavy atom. The van der Waals surface area contributed by atoms with Gasteiger partial charge in [-0.2, -0.15) is 4.98 Å². The molecular formula is C12H21N3O2. The summed E-state index contributed by atoms with van der Waals surface area (Å²) >= 11 is 0. The van der Waals surface area contributed by atoms with Gasteiger partial charge in [0.25, 0.3) is 0 Å². The van der Waals surface area contributed by atoms with E-state index < -0.39 is 0 Å². The molecule has 1 unspecified atom stereocenters. The van der Waals surface area contributed by atoms with Crippen LogP contribution in [0, 0.1) is 0 Å². The number of hydrogen-bond donors (Lipinski definition) is 1. The molecule has 17 heavy (non-hydrogen) atoms. The summed E-state index contributed by atoms with van der Waals surface area (Å²) < 4.78 is 10.7. The molecule has 0 spiro atoms. The van der Waals surface area contributed by atoms with Crippen LogP contribution in [0.1, 0.15) is 56.2 Å². The zero-order valence-electron chi connectivity index (χ0n) is 10.4. The van der Waals surface area contributed by atoms with Crippen LogP contribution < -0.4 is 5.73 Å². The molecule has 2 N–H and O–H groups in total. The summed E-state index contributed by atoms with van der Waals surface area (Å²) in [5, 5.41) is 4.09. The Kier molecular flexibility index (Phi) is 4.50. The van der Waals surface area contributed by atoms with Gasteiger partial charge in [0.1, 0.15) is 0 Å². The van der Waals surface area contributed by atoms with E-state index in [0.29, 0.717) is 18.4 Å². The molecule has 0 amide bonds. The maximum atomic E-state index is 5.73. The fourth-order valence-corrected chi connectivity index (χ4v) is 2.23. The fraction of sp³-hybridized carbons (Fsp3) is 0.833. The maximum Gasteiger partial charge on any atom is 0.231 e. The van der Waals surface area contributed by atoms with Crippen LogP contribution in [0.3, 0.4) is 0 Å². The Labute approximate surface area is 102 Å². The Morgan fingerprint density at radius 2 is 2.18 bits per heavy atom. The quantitative estimate of drug-likeness (QED) is 0.848. The van der Waals surface area contributed by atoms with Gasteiger partial charge in [-0.25, -0.2) is 0 Å². The number of aromatic nitrogens is 2. The third-order valence-corrected chi connectivity index (χ3v) is 3.31.